The Morgan fingerprint density at radius 2 is 1.74 bits per heavy atom. The molecule has 6 unspecified atom stereocenters. The van der Waals surface area contributed by atoms with Gasteiger partial charge in [0.05, 0.1) is 5.92 Å². The number of amides is 1. The van der Waals surface area contributed by atoms with Gasteiger partial charge in [-0.3, -0.25) is 9.69 Å². The summed E-state index contributed by atoms with van der Waals surface area (Å²) in [7, 11) is 0. The lowest BCUT2D eigenvalue weighted by atomic mass is 9.84. The first kappa shape index (κ1) is 17.2. The van der Waals surface area contributed by atoms with E-state index in [9.17, 15) is 4.79 Å². The zero-order chi connectivity index (χ0) is 16.8. The second-order valence-electron chi connectivity index (χ2n) is 9.32. The molecule has 3 N–H and O–H groups in total. The van der Waals surface area contributed by atoms with Crippen molar-refractivity contribution in [2.45, 2.75) is 65.0 Å². The molecule has 1 amide bonds. The normalized spacial score (nSPS) is 41.3. The molecule has 1 saturated heterocycles. The third kappa shape index (κ3) is 3.43. The van der Waals surface area contributed by atoms with Crippen molar-refractivity contribution in [1.29, 1.82) is 0 Å². The molecule has 2 aliphatic carbocycles. The van der Waals surface area contributed by atoms with Crippen LogP contribution in [-0.2, 0) is 4.79 Å². The highest BCUT2D eigenvalue weighted by Crippen LogP contribution is 2.47. The van der Waals surface area contributed by atoms with Gasteiger partial charge in [-0.25, -0.2) is 0 Å². The van der Waals surface area contributed by atoms with Crippen LogP contribution in [0.1, 0.15) is 53.4 Å². The van der Waals surface area contributed by atoms with Crippen molar-refractivity contribution >= 4 is 5.91 Å². The number of hydrogen-bond donors (Lipinski definition) is 2. The van der Waals surface area contributed by atoms with Crippen molar-refractivity contribution in [2.24, 2.45) is 35.3 Å². The van der Waals surface area contributed by atoms with Crippen LogP contribution in [-0.4, -0.2) is 42.0 Å². The molecular weight excluding hydrogens is 286 g/mol. The molecule has 3 fully saturated rings. The lowest BCUT2D eigenvalue weighted by Crippen LogP contribution is -2.57. The van der Waals surface area contributed by atoms with Gasteiger partial charge in [0.25, 0.3) is 0 Å². The summed E-state index contributed by atoms with van der Waals surface area (Å²) >= 11 is 0. The number of nitrogens with zero attached hydrogens (tertiary/aromatic N) is 1. The Morgan fingerprint density at radius 1 is 1.13 bits per heavy atom. The SMILES string of the molecule is CC1CC(C)CN(C(C)(C)CNC(=O)C2C3CCC(C3)C2N)C1. The molecule has 0 aromatic heterocycles. The standard InChI is InChI=1S/C19H35N3O/c1-12-7-13(2)10-22(9-12)19(3,4)11-21-18(23)16-14-5-6-15(8-14)17(16)20/h12-17H,5-11,20H2,1-4H3,(H,21,23). The van der Waals surface area contributed by atoms with Crippen LogP contribution >= 0.6 is 0 Å². The predicted molar refractivity (Wildman–Crippen MR) is 93.9 cm³/mol. The molecule has 0 spiro atoms. The minimum atomic E-state index is 0.0142. The summed E-state index contributed by atoms with van der Waals surface area (Å²) in [5, 5.41) is 3.25. The van der Waals surface area contributed by atoms with E-state index in [1.165, 1.54) is 25.7 Å². The van der Waals surface area contributed by atoms with E-state index in [0.717, 1.165) is 31.5 Å². The van der Waals surface area contributed by atoms with Crippen LogP contribution in [0.5, 0.6) is 0 Å². The summed E-state index contributed by atoms with van der Waals surface area (Å²) in [5.41, 5.74) is 6.33. The van der Waals surface area contributed by atoms with E-state index in [4.69, 9.17) is 5.73 Å². The fourth-order valence-corrected chi connectivity index (χ4v) is 5.42. The van der Waals surface area contributed by atoms with Crippen molar-refractivity contribution in [1.82, 2.24) is 10.2 Å². The number of piperidine rings is 1. The van der Waals surface area contributed by atoms with E-state index in [-0.39, 0.29) is 23.4 Å². The molecule has 1 aliphatic heterocycles. The summed E-state index contributed by atoms with van der Waals surface area (Å²) in [6.07, 6.45) is 4.91. The average Bonchev–Trinajstić information content (AvgIpc) is 3.04. The number of hydrogen-bond acceptors (Lipinski definition) is 3. The molecule has 23 heavy (non-hydrogen) atoms. The highest BCUT2D eigenvalue weighted by atomic mass is 16.2. The van der Waals surface area contributed by atoms with Gasteiger partial charge in [0, 0.05) is 31.2 Å². The van der Waals surface area contributed by atoms with E-state index >= 15 is 0 Å². The Morgan fingerprint density at radius 3 is 2.30 bits per heavy atom. The first-order chi connectivity index (χ1) is 10.8. The Bertz CT molecular complexity index is 438. The molecule has 0 aromatic carbocycles. The molecule has 2 saturated carbocycles. The van der Waals surface area contributed by atoms with Gasteiger partial charge in [0.15, 0.2) is 0 Å². The molecule has 3 rings (SSSR count). The number of carbonyl (C=O) groups is 1. The van der Waals surface area contributed by atoms with Crippen LogP contribution < -0.4 is 11.1 Å². The molecular formula is C19H35N3O. The average molecular weight is 322 g/mol. The second-order valence-corrected chi connectivity index (χ2v) is 9.32. The van der Waals surface area contributed by atoms with Crippen molar-refractivity contribution in [3.63, 3.8) is 0 Å². The molecule has 132 valence electrons. The van der Waals surface area contributed by atoms with Gasteiger partial charge < -0.3 is 11.1 Å². The van der Waals surface area contributed by atoms with Crippen molar-refractivity contribution in [3.8, 4) is 0 Å². The quantitative estimate of drug-likeness (QED) is 0.835. The fraction of sp³-hybridized carbons (Fsp3) is 0.947. The molecule has 1 heterocycles. The summed E-state index contributed by atoms with van der Waals surface area (Å²) in [6, 6.07) is 0.0897. The molecule has 0 radical (unpaired) electrons. The third-order valence-electron chi connectivity index (χ3n) is 6.70. The zero-order valence-corrected chi connectivity index (χ0v) is 15.3. The maximum atomic E-state index is 12.7. The highest BCUT2D eigenvalue weighted by Gasteiger charge is 2.49. The van der Waals surface area contributed by atoms with Crippen molar-refractivity contribution < 1.29 is 4.79 Å². The fourth-order valence-electron chi connectivity index (χ4n) is 5.42. The van der Waals surface area contributed by atoms with Gasteiger partial charge in [-0.2, -0.15) is 0 Å². The number of likely N-dealkylation sites (tertiary alicyclic amines) is 1. The van der Waals surface area contributed by atoms with Crippen LogP contribution in [0, 0.1) is 29.6 Å². The number of nitrogens with one attached hydrogen (secondary N) is 1. The highest BCUT2D eigenvalue weighted by molar-refractivity contribution is 5.80. The van der Waals surface area contributed by atoms with E-state index in [1.807, 2.05) is 0 Å². The van der Waals surface area contributed by atoms with E-state index in [1.54, 1.807) is 0 Å². The summed E-state index contributed by atoms with van der Waals surface area (Å²) in [4.78, 5) is 15.3. The maximum absolute atomic E-state index is 12.7. The van der Waals surface area contributed by atoms with Crippen molar-refractivity contribution in [2.75, 3.05) is 19.6 Å². The van der Waals surface area contributed by atoms with Crippen LogP contribution in [0.15, 0.2) is 0 Å². The molecule has 4 nitrogen and oxygen atoms in total. The lowest BCUT2D eigenvalue weighted by molar-refractivity contribution is -0.127. The van der Waals surface area contributed by atoms with E-state index in [2.05, 4.69) is 37.9 Å². The lowest BCUT2D eigenvalue weighted by Gasteiger charge is -2.45. The smallest absolute Gasteiger partial charge is 0.225 e. The number of carbonyl (C=O) groups excluding carboxylic acids is 1. The van der Waals surface area contributed by atoms with Crippen LogP contribution in [0.4, 0.5) is 0 Å². The van der Waals surface area contributed by atoms with E-state index in [0.29, 0.717) is 11.8 Å². The Kier molecular flexibility index (Phi) is 4.76. The minimum absolute atomic E-state index is 0.0142. The number of nitrogens with two attached hydrogens (primary N) is 1. The zero-order valence-electron chi connectivity index (χ0n) is 15.3. The Labute approximate surface area is 141 Å². The molecule has 3 aliphatic rings. The first-order valence-corrected chi connectivity index (χ1v) is 9.56. The topological polar surface area (TPSA) is 58.4 Å². The van der Waals surface area contributed by atoms with E-state index < -0.39 is 0 Å². The Balaban J connectivity index is 1.55. The van der Waals surface area contributed by atoms with Gasteiger partial charge in [-0.05, 0) is 63.2 Å². The second kappa shape index (κ2) is 6.36. The first-order valence-electron chi connectivity index (χ1n) is 9.56. The maximum Gasteiger partial charge on any atom is 0.225 e. The van der Waals surface area contributed by atoms with Crippen LogP contribution in [0.2, 0.25) is 0 Å². The molecule has 2 bridgehead atoms. The molecule has 6 atom stereocenters. The Hall–Kier alpha value is -0.610. The van der Waals surface area contributed by atoms with Crippen molar-refractivity contribution in [3.05, 3.63) is 0 Å². The van der Waals surface area contributed by atoms with Crippen LogP contribution in [0.3, 0.4) is 0 Å². The molecule has 4 heteroatoms. The third-order valence-corrected chi connectivity index (χ3v) is 6.70. The van der Waals surface area contributed by atoms with Gasteiger partial charge in [-0.1, -0.05) is 13.8 Å². The van der Waals surface area contributed by atoms with Gasteiger partial charge in [0.1, 0.15) is 0 Å². The van der Waals surface area contributed by atoms with Crippen LogP contribution in [0.25, 0.3) is 0 Å². The largest absolute Gasteiger partial charge is 0.354 e. The van der Waals surface area contributed by atoms with Gasteiger partial charge in [-0.15, -0.1) is 0 Å². The van der Waals surface area contributed by atoms with Gasteiger partial charge in [0.2, 0.25) is 5.91 Å². The summed E-state index contributed by atoms with van der Waals surface area (Å²) in [5.74, 6) is 2.88. The number of fused-ring (bicyclic) bond motifs is 2. The minimum Gasteiger partial charge on any atom is -0.354 e. The van der Waals surface area contributed by atoms with Gasteiger partial charge >= 0.3 is 0 Å². The summed E-state index contributed by atoms with van der Waals surface area (Å²) < 4.78 is 0. The molecule has 0 aromatic rings. The predicted octanol–water partition coefficient (Wildman–Crippen LogP) is 2.23. The number of rotatable bonds is 4. The summed E-state index contributed by atoms with van der Waals surface area (Å²) in [6.45, 7) is 12.2. The monoisotopic (exact) mass is 321 g/mol.